The summed E-state index contributed by atoms with van der Waals surface area (Å²) < 4.78 is 5.47. The molecule has 0 saturated heterocycles. The van der Waals surface area contributed by atoms with Crippen LogP contribution >= 0.6 is 0 Å². The highest BCUT2D eigenvalue weighted by molar-refractivity contribution is 6.06. The van der Waals surface area contributed by atoms with Crippen molar-refractivity contribution in [3.8, 4) is 0 Å². The number of esters is 1. The summed E-state index contributed by atoms with van der Waals surface area (Å²) in [5, 5.41) is 0. The van der Waals surface area contributed by atoms with Gasteiger partial charge in [-0.3, -0.25) is 4.79 Å². The minimum atomic E-state index is -0.296. The summed E-state index contributed by atoms with van der Waals surface area (Å²) in [6.07, 6.45) is 1.58. The average molecular weight is 385 g/mol. The Morgan fingerprint density at radius 3 is 2.17 bits per heavy atom. The van der Waals surface area contributed by atoms with Crippen LogP contribution in [0.5, 0.6) is 0 Å². The largest absolute Gasteiger partial charge is 0.462 e. The third kappa shape index (κ3) is 4.21. The summed E-state index contributed by atoms with van der Waals surface area (Å²) in [4.78, 5) is 27.0. The Balaban J connectivity index is 1.44. The van der Waals surface area contributed by atoms with Crippen LogP contribution in [0.25, 0.3) is 0 Å². The fourth-order valence-electron chi connectivity index (χ4n) is 3.84. The molecule has 1 aliphatic rings. The number of ether oxygens (including phenoxy) is 1. The molecule has 0 spiro atoms. The van der Waals surface area contributed by atoms with Crippen LogP contribution < -0.4 is 4.90 Å². The molecular weight excluding hydrogens is 362 g/mol. The number of hydrogen-bond acceptors (Lipinski definition) is 3. The number of benzene rings is 3. The predicted molar refractivity (Wildman–Crippen MR) is 113 cm³/mol. The maximum atomic E-state index is 13.0. The average Bonchev–Trinajstić information content (AvgIpc) is 2.80. The molecule has 0 N–H and O–H groups in total. The molecular formula is C25H23NO3. The van der Waals surface area contributed by atoms with E-state index in [-0.39, 0.29) is 17.8 Å². The molecule has 1 amide bonds. The van der Waals surface area contributed by atoms with Gasteiger partial charge in [-0.2, -0.15) is 0 Å². The smallest absolute Gasteiger partial charge is 0.338 e. The lowest BCUT2D eigenvalue weighted by molar-refractivity contribution is 0.0492. The molecule has 0 unspecified atom stereocenters. The molecule has 0 fully saturated rings. The van der Waals surface area contributed by atoms with Crippen LogP contribution in [0.3, 0.4) is 0 Å². The molecule has 0 aliphatic carbocycles. The lowest BCUT2D eigenvalue weighted by atomic mass is 9.87. The van der Waals surface area contributed by atoms with E-state index in [4.69, 9.17) is 4.74 Å². The molecule has 0 radical (unpaired) electrons. The van der Waals surface area contributed by atoms with Crippen LogP contribution in [0.1, 0.15) is 45.0 Å². The topological polar surface area (TPSA) is 46.6 Å². The number of amides is 1. The third-order valence-corrected chi connectivity index (χ3v) is 5.34. The summed E-state index contributed by atoms with van der Waals surface area (Å²) in [5.74, 6) is -0.0165. The van der Waals surface area contributed by atoms with Gasteiger partial charge in [0.2, 0.25) is 0 Å². The van der Waals surface area contributed by atoms with E-state index >= 15 is 0 Å². The van der Waals surface area contributed by atoms with Gasteiger partial charge in [0.05, 0.1) is 12.2 Å². The van der Waals surface area contributed by atoms with Crippen molar-refractivity contribution in [1.82, 2.24) is 0 Å². The van der Waals surface area contributed by atoms with Gasteiger partial charge in [-0.15, -0.1) is 0 Å². The molecule has 0 aromatic heterocycles. The Morgan fingerprint density at radius 1 is 0.828 bits per heavy atom. The van der Waals surface area contributed by atoms with Crippen molar-refractivity contribution in [2.75, 3.05) is 18.1 Å². The summed E-state index contributed by atoms with van der Waals surface area (Å²) in [6, 6.07) is 26.4. The highest BCUT2D eigenvalue weighted by atomic mass is 16.5. The molecule has 3 aromatic rings. The van der Waals surface area contributed by atoms with Crippen LogP contribution in [0, 0.1) is 0 Å². The van der Waals surface area contributed by atoms with Gasteiger partial charge in [0.1, 0.15) is 0 Å². The van der Waals surface area contributed by atoms with Crippen LogP contribution in [0.15, 0.2) is 84.9 Å². The van der Waals surface area contributed by atoms with Crippen molar-refractivity contribution in [3.63, 3.8) is 0 Å². The zero-order chi connectivity index (χ0) is 20.1. The van der Waals surface area contributed by atoms with Gasteiger partial charge < -0.3 is 9.64 Å². The summed E-state index contributed by atoms with van der Waals surface area (Å²) in [6.45, 7) is 1.02. The van der Waals surface area contributed by atoms with Crippen molar-refractivity contribution in [3.05, 3.63) is 102 Å². The molecule has 1 aliphatic heterocycles. The summed E-state index contributed by atoms with van der Waals surface area (Å²) in [5.41, 5.74) is 3.35. The van der Waals surface area contributed by atoms with Crippen molar-refractivity contribution in [2.45, 2.75) is 18.8 Å². The molecule has 1 heterocycles. The molecule has 4 rings (SSSR count). The first kappa shape index (κ1) is 18.9. The number of carbonyl (C=O) groups is 2. The van der Waals surface area contributed by atoms with E-state index in [0.717, 1.165) is 24.1 Å². The van der Waals surface area contributed by atoms with E-state index in [1.807, 2.05) is 71.6 Å². The van der Waals surface area contributed by atoms with E-state index in [1.165, 1.54) is 0 Å². The number of carbonyl (C=O) groups excluding carboxylic acids is 2. The van der Waals surface area contributed by atoms with Gasteiger partial charge >= 0.3 is 5.97 Å². The molecule has 0 bridgehead atoms. The van der Waals surface area contributed by atoms with Crippen molar-refractivity contribution < 1.29 is 14.3 Å². The second kappa shape index (κ2) is 8.74. The fraction of sp³-hybridized carbons (Fsp3) is 0.200. The Bertz CT molecular complexity index is 985. The number of nitrogens with zero attached hydrogens (tertiary/aromatic N) is 1. The van der Waals surface area contributed by atoms with Crippen molar-refractivity contribution in [1.29, 1.82) is 0 Å². The van der Waals surface area contributed by atoms with Crippen molar-refractivity contribution in [2.24, 2.45) is 0 Å². The van der Waals surface area contributed by atoms with Gasteiger partial charge in [0.15, 0.2) is 0 Å². The standard InChI is InChI=1S/C25H23NO3/c27-24(20-9-3-1-4-10-20)26-17-15-19(22-13-7-8-14-23(22)26)16-18-29-25(28)21-11-5-2-6-12-21/h1-14,19H,15-18H2/t19-/m1/s1. The SMILES string of the molecule is O=C(OCC[C@H]1CCN(C(=O)c2ccccc2)c2ccccc21)c1ccccc1. The maximum Gasteiger partial charge on any atom is 0.338 e. The minimum Gasteiger partial charge on any atom is -0.462 e. The molecule has 4 nitrogen and oxygen atoms in total. The number of fused-ring (bicyclic) bond motifs is 1. The lowest BCUT2D eigenvalue weighted by Gasteiger charge is -2.34. The Labute approximate surface area is 170 Å². The molecule has 3 aromatic carbocycles. The lowest BCUT2D eigenvalue weighted by Crippen LogP contribution is -2.37. The first-order chi connectivity index (χ1) is 14.2. The van der Waals surface area contributed by atoms with E-state index < -0.39 is 0 Å². The second-order valence-corrected chi connectivity index (χ2v) is 7.16. The van der Waals surface area contributed by atoms with Gasteiger partial charge in [0.25, 0.3) is 5.91 Å². The monoisotopic (exact) mass is 385 g/mol. The number of anilines is 1. The van der Waals surface area contributed by atoms with Crippen LogP contribution in [0.2, 0.25) is 0 Å². The van der Waals surface area contributed by atoms with Crippen LogP contribution in [0.4, 0.5) is 5.69 Å². The number of para-hydroxylation sites is 1. The van der Waals surface area contributed by atoms with E-state index in [2.05, 4.69) is 6.07 Å². The highest BCUT2D eigenvalue weighted by Gasteiger charge is 2.29. The minimum absolute atomic E-state index is 0.0204. The number of hydrogen-bond donors (Lipinski definition) is 0. The van der Waals surface area contributed by atoms with Gasteiger partial charge in [-0.25, -0.2) is 4.79 Å². The van der Waals surface area contributed by atoms with Gasteiger partial charge in [0, 0.05) is 17.8 Å². The first-order valence-corrected chi connectivity index (χ1v) is 9.92. The summed E-state index contributed by atoms with van der Waals surface area (Å²) >= 11 is 0. The first-order valence-electron chi connectivity index (χ1n) is 9.92. The highest BCUT2D eigenvalue weighted by Crippen LogP contribution is 2.37. The van der Waals surface area contributed by atoms with E-state index in [9.17, 15) is 9.59 Å². The Morgan fingerprint density at radius 2 is 1.45 bits per heavy atom. The van der Waals surface area contributed by atoms with Gasteiger partial charge in [-0.05, 0) is 54.7 Å². The van der Waals surface area contributed by atoms with Crippen LogP contribution in [-0.2, 0) is 4.74 Å². The van der Waals surface area contributed by atoms with E-state index in [0.29, 0.717) is 24.3 Å². The zero-order valence-electron chi connectivity index (χ0n) is 16.2. The Kier molecular flexibility index (Phi) is 5.71. The predicted octanol–water partition coefficient (Wildman–Crippen LogP) is 5.07. The normalized spacial score (nSPS) is 15.4. The molecule has 146 valence electrons. The molecule has 29 heavy (non-hydrogen) atoms. The van der Waals surface area contributed by atoms with Gasteiger partial charge in [-0.1, -0.05) is 54.6 Å². The van der Waals surface area contributed by atoms with E-state index in [1.54, 1.807) is 12.1 Å². The molecule has 1 atom stereocenters. The van der Waals surface area contributed by atoms with Crippen LogP contribution in [-0.4, -0.2) is 25.0 Å². The summed E-state index contributed by atoms with van der Waals surface area (Å²) in [7, 11) is 0. The molecule has 0 saturated carbocycles. The third-order valence-electron chi connectivity index (χ3n) is 5.34. The fourth-order valence-corrected chi connectivity index (χ4v) is 3.84. The van der Waals surface area contributed by atoms with Crippen molar-refractivity contribution >= 4 is 17.6 Å². The number of rotatable bonds is 5. The molecule has 4 heteroatoms. The zero-order valence-corrected chi connectivity index (χ0v) is 16.2. The quantitative estimate of drug-likeness (QED) is 0.576. The second-order valence-electron chi connectivity index (χ2n) is 7.16. The maximum absolute atomic E-state index is 13.0. The Hall–Kier alpha value is -3.40.